The van der Waals surface area contributed by atoms with Crippen molar-refractivity contribution in [3.8, 4) is 0 Å². The molecule has 0 rings (SSSR count). The number of nitrogens with two attached hydrogens (primary N) is 2. The highest BCUT2D eigenvalue weighted by atomic mass is 32.3. The molecule has 0 spiro atoms. The first kappa shape index (κ1) is 49.2. The minimum atomic E-state index is -5.17. The van der Waals surface area contributed by atoms with Crippen molar-refractivity contribution >= 4 is 10.4 Å². The van der Waals surface area contributed by atoms with Crippen LogP contribution in [0.1, 0.15) is 219 Å². The molecule has 4 N–H and O–H groups in total. The summed E-state index contributed by atoms with van der Waals surface area (Å²) in [4.78, 5) is 0. The Balaban J connectivity index is -0.000000680. The van der Waals surface area contributed by atoms with E-state index >= 15 is 0 Å². The van der Waals surface area contributed by atoms with Crippen LogP contribution in [0.2, 0.25) is 0 Å². The van der Waals surface area contributed by atoms with Gasteiger partial charge in [0.05, 0.1) is 27.2 Å². The highest BCUT2D eigenvalue weighted by Gasteiger charge is 1.96. The van der Waals surface area contributed by atoms with Crippen LogP contribution < -0.4 is 10.6 Å². The first-order valence-electron chi connectivity index (χ1n) is 20.1. The number of quaternary nitrogens is 2. The molecular formula is C38H84N2O4S. The van der Waals surface area contributed by atoms with E-state index in [2.05, 4.69) is 38.6 Å². The molecule has 0 aliphatic rings. The fraction of sp³-hybridized carbons (Fsp3) is 1.00. The summed E-state index contributed by atoms with van der Waals surface area (Å²) < 4.78 is 34.1. The van der Waals surface area contributed by atoms with Crippen LogP contribution in [-0.4, -0.2) is 44.7 Å². The molecule has 0 aliphatic heterocycles. The third-order valence-electron chi connectivity index (χ3n) is 8.69. The maximum atomic E-state index is 8.52. The lowest BCUT2D eigenvalue weighted by Gasteiger charge is -2.06. The largest absolute Gasteiger partial charge is 0.759 e. The van der Waals surface area contributed by atoms with Gasteiger partial charge in [-0.15, -0.1) is 0 Å². The van der Waals surface area contributed by atoms with Crippen molar-refractivity contribution in [3.05, 3.63) is 0 Å². The first-order chi connectivity index (χ1) is 21.8. The molecule has 0 heterocycles. The minimum Gasteiger partial charge on any atom is -0.759 e. The van der Waals surface area contributed by atoms with Crippen LogP contribution in [0.4, 0.5) is 0 Å². The lowest BCUT2D eigenvalue weighted by atomic mass is 10.0. The van der Waals surface area contributed by atoms with Crippen LogP contribution in [0.15, 0.2) is 0 Å². The molecule has 0 fully saturated rings. The summed E-state index contributed by atoms with van der Waals surface area (Å²) in [5.74, 6) is 0. The van der Waals surface area contributed by atoms with Crippen molar-refractivity contribution in [3.63, 3.8) is 0 Å². The highest BCUT2D eigenvalue weighted by molar-refractivity contribution is 7.79. The molecule has 6 nitrogen and oxygen atoms in total. The van der Waals surface area contributed by atoms with Crippen molar-refractivity contribution in [2.45, 2.75) is 219 Å². The van der Waals surface area contributed by atoms with E-state index in [1.807, 2.05) is 0 Å². The molecule has 7 heteroatoms. The number of unbranched alkanes of at least 4 members (excludes halogenated alkanes) is 30. The van der Waals surface area contributed by atoms with Crippen molar-refractivity contribution in [1.29, 1.82) is 0 Å². The van der Waals surface area contributed by atoms with Crippen LogP contribution in [0, 0.1) is 0 Å². The highest BCUT2D eigenvalue weighted by Crippen LogP contribution is 2.15. The van der Waals surface area contributed by atoms with Gasteiger partial charge in [-0.05, 0) is 25.7 Å². The summed E-state index contributed by atoms with van der Waals surface area (Å²) in [5.41, 5.74) is 0. The van der Waals surface area contributed by atoms with E-state index in [0.29, 0.717) is 0 Å². The molecular weight excluding hydrogens is 580 g/mol. The monoisotopic (exact) mass is 665 g/mol. The fourth-order valence-corrected chi connectivity index (χ4v) is 5.79. The molecule has 0 aromatic carbocycles. The molecule has 0 amide bonds. The van der Waals surface area contributed by atoms with Gasteiger partial charge in [0.1, 0.15) is 0 Å². The first-order valence-corrected chi connectivity index (χ1v) is 21.4. The van der Waals surface area contributed by atoms with E-state index in [1.54, 1.807) is 0 Å². The molecule has 0 aliphatic carbocycles. The van der Waals surface area contributed by atoms with Gasteiger partial charge in [-0.25, -0.2) is 0 Å². The molecule has 0 radical (unpaired) electrons. The maximum absolute atomic E-state index is 8.52. The molecule has 45 heavy (non-hydrogen) atoms. The van der Waals surface area contributed by atoms with Crippen molar-refractivity contribution in [1.82, 2.24) is 0 Å². The van der Waals surface area contributed by atoms with E-state index in [4.69, 9.17) is 17.5 Å². The third-order valence-corrected chi connectivity index (χ3v) is 8.69. The topological polar surface area (TPSA) is 113 Å². The summed E-state index contributed by atoms with van der Waals surface area (Å²) in [5, 5.41) is 4.59. The Morgan fingerprint density at radius 1 is 0.333 bits per heavy atom. The minimum absolute atomic E-state index is 1.32. The molecule has 0 aromatic rings. The number of hydrogen-bond donors (Lipinski definition) is 2. The maximum Gasteiger partial charge on any atom is 0.0753 e. The summed E-state index contributed by atoms with van der Waals surface area (Å²) in [6.45, 7) is 7.23. The second-order valence-corrected chi connectivity index (χ2v) is 14.2. The van der Waals surface area contributed by atoms with Gasteiger partial charge in [-0.2, -0.15) is 0 Å². The molecule has 0 bridgehead atoms. The summed E-state index contributed by atoms with van der Waals surface area (Å²) in [7, 11) is -0.823. The Kier molecular flexibility index (Phi) is 50.2. The van der Waals surface area contributed by atoms with Gasteiger partial charge in [0.2, 0.25) is 0 Å². The zero-order valence-corrected chi connectivity index (χ0v) is 32.1. The zero-order valence-electron chi connectivity index (χ0n) is 31.2. The zero-order chi connectivity index (χ0) is 34.0. The standard InChI is InChI=1S/2C19H41N.H2O4S/c2*1-3-4-5-6-7-8-9-10-11-12-13-14-15-16-17-18-19-20-2;1-5(2,3)4/h2*20H,3-19H2,1-2H3;(H2,1,2,3,4). The van der Waals surface area contributed by atoms with Gasteiger partial charge in [-0.3, -0.25) is 8.42 Å². The predicted octanol–water partition coefficient (Wildman–Crippen LogP) is 9.54. The summed E-state index contributed by atoms with van der Waals surface area (Å²) >= 11 is 0. The van der Waals surface area contributed by atoms with Gasteiger partial charge in [0, 0.05) is 10.4 Å². The Morgan fingerprint density at radius 3 is 0.600 bits per heavy atom. The van der Waals surface area contributed by atoms with Gasteiger partial charge in [-0.1, -0.05) is 194 Å². The quantitative estimate of drug-likeness (QED) is 0.0405. The Morgan fingerprint density at radius 2 is 0.467 bits per heavy atom. The molecule has 0 saturated heterocycles. The lowest BCUT2D eigenvalue weighted by molar-refractivity contribution is -0.627. The fourth-order valence-electron chi connectivity index (χ4n) is 5.79. The van der Waals surface area contributed by atoms with E-state index in [-0.39, 0.29) is 0 Å². The second-order valence-electron chi connectivity index (χ2n) is 13.4. The Bertz CT molecular complexity index is 510. The van der Waals surface area contributed by atoms with Crippen LogP contribution in [0.3, 0.4) is 0 Å². The van der Waals surface area contributed by atoms with Crippen molar-refractivity contribution in [2.24, 2.45) is 0 Å². The third kappa shape index (κ3) is 67.0. The number of rotatable bonds is 34. The van der Waals surface area contributed by atoms with Gasteiger partial charge >= 0.3 is 0 Å². The van der Waals surface area contributed by atoms with E-state index in [0.717, 1.165) is 0 Å². The van der Waals surface area contributed by atoms with Gasteiger partial charge < -0.3 is 19.7 Å². The van der Waals surface area contributed by atoms with Crippen LogP contribution in [-0.2, 0) is 10.4 Å². The number of hydrogen-bond acceptors (Lipinski definition) is 4. The predicted molar refractivity (Wildman–Crippen MR) is 195 cm³/mol. The van der Waals surface area contributed by atoms with Gasteiger partial charge in [0.25, 0.3) is 0 Å². The average Bonchev–Trinajstić information content (AvgIpc) is 3.00. The average molecular weight is 665 g/mol. The van der Waals surface area contributed by atoms with E-state index in [1.165, 1.54) is 219 Å². The van der Waals surface area contributed by atoms with Crippen LogP contribution >= 0.6 is 0 Å². The normalized spacial score (nSPS) is 11.2. The molecule has 0 atom stereocenters. The Hall–Kier alpha value is -0.210. The van der Waals surface area contributed by atoms with Crippen molar-refractivity contribution < 1.29 is 28.2 Å². The Labute approximate surface area is 284 Å². The second kappa shape index (κ2) is 45.9. The summed E-state index contributed by atoms with van der Waals surface area (Å²) in [6, 6.07) is 0. The van der Waals surface area contributed by atoms with Crippen molar-refractivity contribution in [2.75, 3.05) is 27.2 Å². The smallest absolute Gasteiger partial charge is 0.0753 e. The lowest BCUT2D eigenvalue weighted by Crippen LogP contribution is -2.79. The van der Waals surface area contributed by atoms with Crippen LogP contribution in [0.25, 0.3) is 0 Å². The van der Waals surface area contributed by atoms with Gasteiger partial charge in [0.15, 0.2) is 0 Å². The molecule has 0 unspecified atom stereocenters. The molecule has 276 valence electrons. The molecule has 0 aromatic heterocycles. The van der Waals surface area contributed by atoms with E-state index in [9.17, 15) is 0 Å². The van der Waals surface area contributed by atoms with E-state index < -0.39 is 10.4 Å². The molecule has 0 saturated carbocycles. The summed E-state index contributed by atoms with van der Waals surface area (Å²) in [6.07, 6.45) is 46.8. The SMILES string of the molecule is CCCCCCCCCCCCCCCCCC[NH2+]C.CCCCCCCCCCCCCCCCCC[NH2+]C.O=S(=O)([O-])[O-]. The van der Waals surface area contributed by atoms with Crippen LogP contribution in [0.5, 0.6) is 0 Å².